The first-order valence-corrected chi connectivity index (χ1v) is 6.14. The minimum Gasteiger partial charge on any atom is -0.373 e. The molecule has 1 aromatic heterocycles. The molecule has 1 N–H and O–H groups in total. The molecule has 3 unspecified atom stereocenters. The molecule has 7 heteroatoms. The lowest BCUT2D eigenvalue weighted by Crippen LogP contribution is -2.31. The SMILES string of the molecule is N#Cc1cc([N+](=O)[O-])cnc1NC1CC2CCC1O2. The van der Waals surface area contributed by atoms with Crippen LogP contribution in [0.1, 0.15) is 24.8 Å². The average Bonchev–Trinajstić information content (AvgIpc) is 3.01. The zero-order valence-electron chi connectivity index (χ0n) is 10.1. The highest BCUT2D eigenvalue weighted by Crippen LogP contribution is 2.36. The summed E-state index contributed by atoms with van der Waals surface area (Å²) in [5.41, 5.74) is 0.0169. The largest absolute Gasteiger partial charge is 0.373 e. The monoisotopic (exact) mass is 260 g/mol. The lowest BCUT2D eigenvalue weighted by molar-refractivity contribution is -0.385. The van der Waals surface area contributed by atoms with Crippen molar-refractivity contribution in [3.63, 3.8) is 0 Å². The van der Waals surface area contributed by atoms with Crippen molar-refractivity contribution in [2.24, 2.45) is 0 Å². The first-order valence-electron chi connectivity index (χ1n) is 6.14. The molecule has 19 heavy (non-hydrogen) atoms. The number of aromatic nitrogens is 1. The lowest BCUT2D eigenvalue weighted by atomic mass is 9.95. The molecule has 2 aliphatic rings. The number of nitriles is 1. The molecule has 2 fully saturated rings. The van der Waals surface area contributed by atoms with Gasteiger partial charge in [0.15, 0.2) is 0 Å². The van der Waals surface area contributed by atoms with E-state index in [0.29, 0.717) is 11.9 Å². The van der Waals surface area contributed by atoms with Gasteiger partial charge in [-0.2, -0.15) is 5.26 Å². The van der Waals surface area contributed by atoms with Gasteiger partial charge in [0.05, 0.1) is 23.2 Å². The van der Waals surface area contributed by atoms with Crippen molar-refractivity contribution in [2.75, 3.05) is 5.32 Å². The number of nitrogens with zero attached hydrogens (tertiary/aromatic N) is 3. The van der Waals surface area contributed by atoms with E-state index in [2.05, 4.69) is 10.3 Å². The molecule has 0 saturated carbocycles. The first-order chi connectivity index (χ1) is 9.17. The van der Waals surface area contributed by atoms with Gasteiger partial charge in [0.2, 0.25) is 0 Å². The summed E-state index contributed by atoms with van der Waals surface area (Å²) in [5.74, 6) is 0.397. The van der Waals surface area contributed by atoms with Gasteiger partial charge < -0.3 is 10.1 Å². The zero-order valence-corrected chi connectivity index (χ0v) is 10.1. The van der Waals surface area contributed by atoms with Crippen molar-refractivity contribution in [1.82, 2.24) is 4.98 Å². The summed E-state index contributed by atoms with van der Waals surface area (Å²) < 4.78 is 5.71. The Bertz CT molecular complexity index is 569. The Balaban J connectivity index is 1.81. The number of hydrogen-bond acceptors (Lipinski definition) is 6. The van der Waals surface area contributed by atoms with E-state index >= 15 is 0 Å². The van der Waals surface area contributed by atoms with E-state index in [0.717, 1.165) is 25.5 Å². The van der Waals surface area contributed by atoms with E-state index in [1.807, 2.05) is 6.07 Å². The quantitative estimate of drug-likeness (QED) is 0.654. The molecular formula is C12H12N4O3. The molecule has 0 radical (unpaired) electrons. The van der Waals surface area contributed by atoms with Crippen molar-refractivity contribution >= 4 is 11.5 Å². The van der Waals surface area contributed by atoms with Gasteiger partial charge in [-0.15, -0.1) is 0 Å². The van der Waals surface area contributed by atoms with Crippen LogP contribution < -0.4 is 5.32 Å². The number of pyridine rings is 1. The van der Waals surface area contributed by atoms with Crippen molar-refractivity contribution in [2.45, 2.75) is 37.5 Å². The summed E-state index contributed by atoms with van der Waals surface area (Å²) in [6.07, 6.45) is 4.62. The maximum atomic E-state index is 10.6. The maximum Gasteiger partial charge on any atom is 0.289 e. The topological polar surface area (TPSA) is 101 Å². The zero-order chi connectivity index (χ0) is 13.4. The van der Waals surface area contributed by atoms with Crippen molar-refractivity contribution in [1.29, 1.82) is 5.26 Å². The molecular weight excluding hydrogens is 248 g/mol. The molecule has 2 saturated heterocycles. The Morgan fingerprint density at radius 1 is 1.58 bits per heavy atom. The molecule has 0 amide bonds. The van der Waals surface area contributed by atoms with Gasteiger partial charge in [-0.3, -0.25) is 10.1 Å². The smallest absolute Gasteiger partial charge is 0.289 e. The predicted molar refractivity (Wildman–Crippen MR) is 65.5 cm³/mol. The van der Waals surface area contributed by atoms with Crippen LogP contribution in [0.3, 0.4) is 0 Å². The van der Waals surface area contributed by atoms with Gasteiger partial charge >= 0.3 is 0 Å². The fourth-order valence-corrected chi connectivity index (χ4v) is 2.72. The summed E-state index contributed by atoms with van der Waals surface area (Å²) in [4.78, 5) is 14.1. The Morgan fingerprint density at radius 2 is 2.42 bits per heavy atom. The number of nitro groups is 1. The van der Waals surface area contributed by atoms with E-state index < -0.39 is 4.92 Å². The van der Waals surface area contributed by atoms with Crippen LogP contribution in [-0.2, 0) is 4.74 Å². The van der Waals surface area contributed by atoms with Crippen molar-refractivity contribution in [3.05, 3.63) is 27.9 Å². The van der Waals surface area contributed by atoms with Gasteiger partial charge in [0, 0.05) is 6.07 Å². The van der Waals surface area contributed by atoms with Crippen LogP contribution >= 0.6 is 0 Å². The third-order valence-electron chi connectivity index (χ3n) is 3.63. The van der Waals surface area contributed by atoms with Crippen molar-refractivity contribution in [3.8, 4) is 6.07 Å². The summed E-state index contributed by atoms with van der Waals surface area (Å²) in [6.45, 7) is 0. The minimum absolute atomic E-state index is 0.139. The third-order valence-corrected chi connectivity index (χ3v) is 3.63. The van der Waals surface area contributed by atoms with E-state index in [9.17, 15) is 10.1 Å². The van der Waals surface area contributed by atoms with Crippen LogP contribution in [0.5, 0.6) is 0 Å². The van der Waals surface area contributed by atoms with Crippen LogP contribution in [0.25, 0.3) is 0 Å². The normalized spacial score (nSPS) is 28.1. The van der Waals surface area contributed by atoms with Crippen LogP contribution in [0.15, 0.2) is 12.3 Å². The maximum absolute atomic E-state index is 10.6. The Morgan fingerprint density at radius 3 is 3.00 bits per heavy atom. The van der Waals surface area contributed by atoms with Gasteiger partial charge in [0.25, 0.3) is 5.69 Å². The molecule has 0 aliphatic carbocycles. The highest BCUT2D eigenvalue weighted by Gasteiger charge is 2.41. The summed E-state index contributed by atoms with van der Waals surface area (Å²) in [7, 11) is 0. The van der Waals surface area contributed by atoms with Crippen LogP contribution in [-0.4, -0.2) is 28.2 Å². The molecule has 7 nitrogen and oxygen atoms in total. The van der Waals surface area contributed by atoms with E-state index in [1.54, 1.807) is 0 Å². The fourth-order valence-electron chi connectivity index (χ4n) is 2.72. The highest BCUT2D eigenvalue weighted by molar-refractivity contribution is 5.56. The molecule has 2 aliphatic heterocycles. The Kier molecular flexibility index (Phi) is 2.80. The molecule has 1 aromatic rings. The van der Waals surface area contributed by atoms with Crippen molar-refractivity contribution < 1.29 is 9.66 Å². The first kappa shape index (κ1) is 11.9. The number of nitrogens with one attached hydrogen (secondary N) is 1. The summed E-state index contributed by atoms with van der Waals surface area (Å²) >= 11 is 0. The summed E-state index contributed by atoms with van der Waals surface area (Å²) in [6, 6.07) is 3.32. The lowest BCUT2D eigenvalue weighted by Gasteiger charge is -2.20. The number of fused-ring (bicyclic) bond motifs is 2. The Hall–Kier alpha value is -2.20. The van der Waals surface area contributed by atoms with E-state index in [-0.39, 0.29) is 23.4 Å². The second kappa shape index (κ2) is 4.48. The molecule has 3 rings (SSSR count). The molecule has 98 valence electrons. The predicted octanol–water partition coefficient (Wildman–Crippen LogP) is 1.59. The molecule has 3 atom stereocenters. The van der Waals surface area contributed by atoms with Crippen LogP contribution in [0.4, 0.5) is 11.5 Å². The molecule has 2 bridgehead atoms. The molecule has 3 heterocycles. The number of rotatable bonds is 3. The second-order valence-corrected chi connectivity index (χ2v) is 4.82. The third kappa shape index (κ3) is 2.11. The average molecular weight is 260 g/mol. The molecule has 0 spiro atoms. The number of hydrogen-bond donors (Lipinski definition) is 1. The van der Waals surface area contributed by atoms with Crippen LogP contribution in [0.2, 0.25) is 0 Å². The number of ether oxygens (including phenoxy) is 1. The summed E-state index contributed by atoms with van der Waals surface area (Å²) in [5, 5.41) is 22.9. The highest BCUT2D eigenvalue weighted by atomic mass is 16.6. The van der Waals surface area contributed by atoms with E-state index in [4.69, 9.17) is 10.00 Å². The van der Waals surface area contributed by atoms with Gasteiger partial charge in [-0.25, -0.2) is 4.98 Å². The van der Waals surface area contributed by atoms with Gasteiger partial charge in [-0.05, 0) is 19.3 Å². The van der Waals surface area contributed by atoms with Gasteiger partial charge in [0.1, 0.15) is 23.6 Å². The second-order valence-electron chi connectivity index (χ2n) is 4.82. The van der Waals surface area contributed by atoms with Crippen LogP contribution in [0, 0.1) is 21.4 Å². The van der Waals surface area contributed by atoms with Gasteiger partial charge in [-0.1, -0.05) is 0 Å². The Labute approximate surface area is 109 Å². The standard InChI is InChI=1S/C12H12N4O3/c13-5-7-3-8(16(17)18)6-14-12(7)15-10-4-9-1-2-11(10)19-9/h3,6,9-11H,1-2,4H2,(H,14,15). The minimum atomic E-state index is -0.557. The fraction of sp³-hybridized carbons (Fsp3) is 0.500. The molecule has 0 aromatic carbocycles. The number of anilines is 1. The van der Waals surface area contributed by atoms with E-state index in [1.165, 1.54) is 6.07 Å².